The molecule has 0 spiro atoms. The van der Waals surface area contributed by atoms with Gasteiger partial charge in [0.1, 0.15) is 0 Å². The van der Waals surface area contributed by atoms with Crippen LogP contribution in [-0.4, -0.2) is 51.2 Å². The van der Waals surface area contributed by atoms with Crippen molar-refractivity contribution in [2.24, 2.45) is 0 Å². The maximum atomic E-state index is 12.9. The van der Waals surface area contributed by atoms with Gasteiger partial charge in [0, 0.05) is 37.8 Å². The highest BCUT2D eigenvalue weighted by Gasteiger charge is 2.29. The van der Waals surface area contributed by atoms with E-state index in [4.69, 9.17) is 0 Å². The van der Waals surface area contributed by atoms with Crippen molar-refractivity contribution in [3.8, 4) is 0 Å². The Morgan fingerprint density at radius 2 is 1.94 bits per heavy atom. The van der Waals surface area contributed by atoms with Crippen LogP contribution in [0.15, 0.2) is 54.6 Å². The molecule has 2 atom stereocenters. The Labute approximate surface area is 184 Å². The van der Waals surface area contributed by atoms with Crippen LogP contribution >= 0.6 is 0 Å². The molecule has 8 heteroatoms. The predicted octanol–water partition coefficient (Wildman–Crippen LogP) is 2.69. The minimum absolute atomic E-state index is 0.0851. The minimum Gasteiger partial charge on any atom is -0.342 e. The van der Waals surface area contributed by atoms with Gasteiger partial charge < -0.3 is 4.90 Å². The maximum absolute atomic E-state index is 12.9. The number of rotatable bonds is 7. The maximum Gasteiger partial charge on any atom is 0.253 e. The number of benzene rings is 2. The van der Waals surface area contributed by atoms with E-state index < -0.39 is 10.0 Å². The van der Waals surface area contributed by atoms with Crippen molar-refractivity contribution in [1.29, 1.82) is 0 Å². The highest BCUT2D eigenvalue weighted by molar-refractivity contribution is 7.93. The van der Waals surface area contributed by atoms with Gasteiger partial charge >= 0.3 is 0 Å². The molecule has 2 aromatic carbocycles. The highest BCUT2D eigenvalue weighted by atomic mass is 32.2. The average Bonchev–Trinajstić information content (AvgIpc) is 3.39. The van der Waals surface area contributed by atoms with Crippen molar-refractivity contribution in [3.63, 3.8) is 0 Å². The highest BCUT2D eigenvalue weighted by Crippen LogP contribution is 2.26. The van der Waals surface area contributed by atoms with E-state index in [2.05, 4.69) is 35.1 Å². The standard InChI is InChI=1S/C23H30N4O3S/c1-26(13-6-11-20-17-22(25-24-20)18-8-3-2-4-9-18)23(28)19-10-5-12-21(16-19)27-14-7-15-31(27,29)30/h2-5,8-10,12,16,20,22,24-25H,6-7,11,13-15,17H2,1H3. The van der Waals surface area contributed by atoms with Crippen molar-refractivity contribution < 1.29 is 13.2 Å². The van der Waals surface area contributed by atoms with Crippen molar-refractivity contribution >= 4 is 21.6 Å². The van der Waals surface area contributed by atoms with Crippen molar-refractivity contribution in [1.82, 2.24) is 15.8 Å². The lowest BCUT2D eigenvalue weighted by Gasteiger charge is -2.20. The summed E-state index contributed by atoms with van der Waals surface area (Å²) in [7, 11) is -1.46. The molecule has 2 saturated heterocycles. The quantitative estimate of drug-likeness (QED) is 0.689. The fourth-order valence-electron chi connectivity index (χ4n) is 4.34. The first-order chi connectivity index (χ1) is 14.9. The number of amides is 1. The summed E-state index contributed by atoms with van der Waals surface area (Å²) in [6, 6.07) is 18.0. The van der Waals surface area contributed by atoms with E-state index in [0.29, 0.717) is 42.8 Å². The Morgan fingerprint density at radius 1 is 1.13 bits per heavy atom. The third kappa shape index (κ3) is 5.08. The van der Waals surface area contributed by atoms with Gasteiger partial charge in [0.2, 0.25) is 10.0 Å². The normalized spacial score (nSPS) is 22.5. The van der Waals surface area contributed by atoms with Gasteiger partial charge in [-0.3, -0.25) is 20.0 Å². The van der Waals surface area contributed by atoms with Crippen LogP contribution in [0.2, 0.25) is 0 Å². The van der Waals surface area contributed by atoms with Gasteiger partial charge in [-0.15, -0.1) is 0 Å². The molecule has 0 radical (unpaired) electrons. The predicted molar refractivity (Wildman–Crippen MR) is 122 cm³/mol. The van der Waals surface area contributed by atoms with Gasteiger partial charge in [0.05, 0.1) is 11.4 Å². The number of sulfonamides is 1. The Bertz CT molecular complexity index is 1010. The fraction of sp³-hybridized carbons (Fsp3) is 0.435. The fourth-order valence-corrected chi connectivity index (χ4v) is 5.89. The summed E-state index contributed by atoms with van der Waals surface area (Å²) in [6.45, 7) is 1.13. The summed E-state index contributed by atoms with van der Waals surface area (Å²) in [4.78, 5) is 14.6. The molecule has 1 amide bonds. The molecule has 7 nitrogen and oxygen atoms in total. The Balaban J connectivity index is 1.28. The minimum atomic E-state index is -3.26. The van der Waals surface area contributed by atoms with Crippen LogP contribution in [0.3, 0.4) is 0 Å². The van der Waals surface area contributed by atoms with E-state index in [1.165, 1.54) is 9.87 Å². The first kappa shape index (κ1) is 21.8. The van der Waals surface area contributed by atoms with E-state index in [1.54, 1.807) is 36.2 Å². The van der Waals surface area contributed by atoms with E-state index in [-0.39, 0.29) is 11.7 Å². The number of anilines is 1. The zero-order valence-electron chi connectivity index (χ0n) is 17.8. The summed E-state index contributed by atoms with van der Waals surface area (Å²) in [5, 5.41) is 0. The van der Waals surface area contributed by atoms with Gasteiger partial charge in [-0.25, -0.2) is 8.42 Å². The molecular weight excluding hydrogens is 412 g/mol. The molecule has 2 fully saturated rings. The first-order valence-corrected chi connectivity index (χ1v) is 12.5. The summed E-state index contributed by atoms with van der Waals surface area (Å²) < 4.78 is 25.8. The van der Waals surface area contributed by atoms with Crippen LogP contribution in [0.4, 0.5) is 5.69 Å². The lowest BCUT2D eigenvalue weighted by atomic mass is 10.00. The van der Waals surface area contributed by atoms with Crippen LogP contribution < -0.4 is 15.2 Å². The number of carbonyl (C=O) groups is 1. The number of nitrogens with one attached hydrogen (secondary N) is 2. The van der Waals surface area contributed by atoms with Crippen molar-refractivity contribution in [2.75, 3.05) is 30.2 Å². The van der Waals surface area contributed by atoms with Crippen LogP contribution in [0.25, 0.3) is 0 Å². The molecule has 0 aromatic heterocycles. The Kier molecular flexibility index (Phi) is 6.60. The molecule has 0 aliphatic carbocycles. The van der Waals surface area contributed by atoms with Gasteiger partial charge in [-0.05, 0) is 49.4 Å². The molecule has 4 rings (SSSR count). The van der Waals surface area contributed by atoms with E-state index in [1.807, 2.05) is 6.07 Å². The summed E-state index contributed by atoms with van der Waals surface area (Å²) in [5.74, 6) is 0.0818. The lowest BCUT2D eigenvalue weighted by molar-refractivity contribution is 0.0791. The summed E-state index contributed by atoms with van der Waals surface area (Å²) in [6.07, 6.45) is 3.51. The van der Waals surface area contributed by atoms with Crippen LogP contribution in [0.1, 0.15) is 47.6 Å². The van der Waals surface area contributed by atoms with Crippen molar-refractivity contribution in [2.45, 2.75) is 37.8 Å². The van der Waals surface area contributed by atoms with Crippen LogP contribution in [-0.2, 0) is 10.0 Å². The second kappa shape index (κ2) is 9.38. The number of nitrogens with zero attached hydrogens (tertiary/aromatic N) is 2. The zero-order chi connectivity index (χ0) is 21.8. The Morgan fingerprint density at radius 3 is 2.68 bits per heavy atom. The number of hydrazine groups is 1. The largest absolute Gasteiger partial charge is 0.342 e. The first-order valence-electron chi connectivity index (χ1n) is 10.9. The van der Waals surface area contributed by atoms with E-state index in [9.17, 15) is 13.2 Å². The molecule has 2 aliphatic rings. The molecule has 2 aromatic rings. The molecule has 31 heavy (non-hydrogen) atoms. The number of hydrogen-bond acceptors (Lipinski definition) is 5. The second-order valence-electron chi connectivity index (χ2n) is 8.35. The lowest BCUT2D eigenvalue weighted by Crippen LogP contribution is -2.32. The van der Waals surface area contributed by atoms with Gasteiger partial charge in [0.25, 0.3) is 5.91 Å². The molecular formula is C23H30N4O3S. The van der Waals surface area contributed by atoms with Crippen molar-refractivity contribution in [3.05, 3.63) is 65.7 Å². The Hall–Kier alpha value is -2.42. The van der Waals surface area contributed by atoms with Crippen LogP contribution in [0, 0.1) is 0 Å². The number of hydrogen-bond donors (Lipinski definition) is 2. The molecule has 0 bridgehead atoms. The van der Waals surface area contributed by atoms with E-state index >= 15 is 0 Å². The molecule has 2 aliphatic heterocycles. The molecule has 0 saturated carbocycles. The SMILES string of the molecule is CN(CCCC1CC(c2ccccc2)NN1)C(=O)c1cccc(N2CCCS2(=O)=O)c1. The second-order valence-corrected chi connectivity index (χ2v) is 10.4. The third-order valence-corrected chi connectivity index (χ3v) is 7.93. The van der Waals surface area contributed by atoms with Crippen LogP contribution in [0.5, 0.6) is 0 Å². The monoisotopic (exact) mass is 442 g/mol. The topological polar surface area (TPSA) is 81.8 Å². The molecule has 2 unspecified atom stereocenters. The van der Waals surface area contributed by atoms with E-state index in [0.717, 1.165) is 19.3 Å². The van der Waals surface area contributed by atoms with Gasteiger partial charge in [-0.2, -0.15) is 0 Å². The molecule has 2 heterocycles. The third-order valence-electron chi connectivity index (χ3n) is 6.06. The van der Waals surface area contributed by atoms with Gasteiger partial charge in [-0.1, -0.05) is 36.4 Å². The average molecular weight is 443 g/mol. The summed E-state index contributed by atoms with van der Waals surface area (Å²) in [5.41, 5.74) is 9.11. The zero-order valence-corrected chi connectivity index (χ0v) is 18.6. The van der Waals surface area contributed by atoms with Gasteiger partial charge in [0.15, 0.2) is 0 Å². The molecule has 2 N–H and O–H groups in total. The summed E-state index contributed by atoms with van der Waals surface area (Å²) >= 11 is 0. The molecule has 166 valence electrons. The number of carbonyl (C=O) groups excluding carboxylic acids is 1. The smallest absolute Gasteiger partial charge is 0.253 e.